The molecule has 0 aliphatic heterocycles. The fraction of sp³-hybridized carbons (Fsp3) is 0.846. The predicted molar refractivity (Wildman–Crippen MR) is 70.4 cm³/mol. The van der Waals surface area contributed by atoms with Crippen LogP contribution in [0.3, 0.4) is 0 Å². The summed E-state index contributed by atoms with van der Waals surface area (Å²) in [7, 11) is -1.50. The highest BCUT2D eigenvalue weighted by Crippen LogP contribution is 2.22. The zero-order valence-corrected chi connectivity index (χ0v) is 12.0. The molecular weight excluding hydrogens is 200 g/mol. The monoisotopic (exact) mass is 226 g/mol. The average Bonchev–Trinajstić information content (AvgIpc) is 2.15. The molecule has 0 aromatic heterocycles. The van der Waals surface area contributed by atoms with Gasteiger partial charge < -0.3 is 4.43 Å². The number of terminal acetylenes is 1. The van der Waals surface area contributed by atoms with Crippen molar-refractivity contribution in [3.05, 3.63) is 0 Å². The van der Waals surface area contributed by atoms with Crippen LogP contribution in [0.15, 0.2) is 0 Å². The minimum Gasteiger partial charge on any atom is -0.404 e. The molecule has 88 valence electrons. The van der Waals surface area contributed by atoms with E-state index in [1.165, 1.54) is 19.3 Å². The molecule has 0 aromatic rings. The molecule has 0 saturated carbocycles. The van der Waals surface area contributed by atoms with Crippen molar-refractivity contribution in [3.8, 4) is 12.3 Å². The second-order valence-corrected chi connectivity index (χ2v) is 9.59. The Bertz CT molecular complexity index is 200. The van der Waals surface area contributed by atoms with Crippen molar-refractivity contribution < 1.29 is 4.43 Å². The zero-order valence-electron chi connectivity index (χ0n) is 11.0. The molecule has 0 aromatic carbocycles. The van der Waals surface area contributed by atoms with Gasteiger partial charge in [0.05, 0.1) is 0 Å². The summed E-state index contributed by atoms with van der Waals surface area (Å²) in [5.74, 6) is 3.37. The topological polar surface area (TPSA) is 9.23 Å². The molecule has 0 amide bonds. The van der Waals surface area contributed by atoms with Crippen LogP contribution < -0.4 is 0 Å². The summed E-state index contributed by atoms with van der Waals surface area (Å²) in [6.45, 7) is 11.0. The molecule has 0 aliphatic carbocycles. The first-order valence-corrected chi connectivity index (χ1v) is 9.49. The highest BCUT2D eigenvalue weighted by Gasteiger charge is 2.25. The highest BCUT2D eigenvalue weighted by atomic mass is 28.4. The van der Waals surface area contributed by atoms with E-state index in [4.69, 9.17) is 10.8 Å². The third-order valence-corrected chi connectivity index (χ3v) is 3.49. The van der Waals surface area contributed by atoms with E-state index >= 15 is 0 Å². The summed E-state index contributed by atoms with van der Waals surface area (Å²) < 4.78 is 6.04. The van der Waals surface area contributed by atoms with Gasteiger partial charge in [-0.2, -0.15) is 0 Å². The second-order valence-electron chi connectivity index (χ2n) is 5.13. The van der Waals surface area contributed by atoms with E-state index in [1.807, 2.05) is 0 Å². The van der Waals surface area contributed by atoms with Crippen LogP contribution in [-0.4, -0.2) is 14.4 Å². The minimum absolute atomic E-state index is 0.0354. The van der Waals surface area contributed by atoms with Gasteiger partial charge in [0.15, 0.2) is 8.32 Å². The summed E-state index contributed by atoms with van der Waals surface area (Å²) in [5, 5.41) is 0. The van der Waals surface area contributed by atoms with Crippen LogP contribution in [0.2, 0.25) is 19.6 Å². The summed E-state index contributed by atoms with van der Waals surface area (Å²) >= 11 is 0. The van der Waals surface area contributed by atoms with E-state index in [0.717, 1.165) is 6.42 Å². The Morgan fingerprint density at radius 3 is 2.20 bits per heavy atom. The van der Waals surface area contributed by atoms with Gasteiger partial charge in [-0.15, -0.1) is 6.42 Å². The first-order valence-electron chi connectivity index (χ1n) is 6.08. The van der Waals surface area contributed by atoms with Crippen molar-refractivity contribution in [1.82, 2.24) is 0 Å². The van der Waals surface area contributed by atoms with Crippen LogP contribution in [0, 0.1) is 18.3 Å². The standard InChI is InChI=1S/C13H26OSi/c1-7-10-11-12(8-2)13(9-3)14-15(4,5)6/h3,12-13H,7-8,10-11H2,1-2,4-6H3/t12-,13+/m1/s1. The van der Waals surface area contributed by atoms with Gasteiger partial charge in [-0.1, -0.05) is 32.6 Å². The Hall–Kier alpha value is -0.263. The lowest BCUT2D eigenvalue weighted by Gasteiger charge is -2.28. The van der Waals surface area contributed by atoms with Crippen molar-refractivity contribution in [2.24, 2.45) is 5.92 Å². The lowest BCUT2D eigenvalue weighted by Crippen LogP contribution is -2.35. The Morgan fingerprint density at radius 2 is 1.87 bits per heavy atom. The lowest BCUT2D eigenvalue weighted by atomic mass is 9.94. The van der Waals surface area contributed by atoms with Crippen LogP contribution in [0.4, 0.5) is 0 Å². The molecule has 0 spiro atoms. The molecule has 0 heterocycles. The zero-order chi connectivity index (χ0) is 11.9. The Morgan fingerprint density at radius 1 is 1.27 bits per heavy atom. The van der Waals surface area contributed by atoms with Crippen molar-refractivity contribution in [2.45, 2.75) is 65.3 Å². The number of rotatable bonds is 7. The maximum Gasteiger partial charge on any atom is 0.185 e. The molecule has 0 fully saturated rings. The van der Waals surface area contributed by atoms with Crippen LogP contribution in [0.1, 0.15) is 39.5 Å². The molecule has 0 saturated heterocycles. The normalized spacial score (nSPS) is 15.7. The Balaban J connectivity index is 4.29. The number of hydrogen-bond acceptors (Lipinski definition) is 1. The van der Waals surface area contributed by atoms with E-state index in [1.54, 1.807) is 0 Å². The first kappa shape index (κ1) is 14.7. The quantitative estimate of drug-likeness (QED) is 0.470. The van der Waals surface area contributed by atoms with Crippen molar-refractivity contribution in [1.29, 1.82) is 0 Å². The fourth-order valence-corrected chi connectivity index (χ4v) is 2.71. The average molecular weight is 226 g/mol. The third-order valence-electron chi connectivity index (χ3n) is 2.53. The smallest absolute Gasteiger partial charge is 0.185 e. The summed E-state index contributed by atoms with van der Waals surface area (Å²) in [6, 6.07) is 0. The second kappa shape index (κ2) is 7.08. The third kappa shape index (κ3) is 6.76. The van der Waals surface area contributed by atoms with Gasteiger partial charge in [-0.3, -0.25) is 0 Å². The first-order chi connectivity index (χ1) is 6.94. The van der Waals surface area contributed by atoms with E-state index in [9.17, 15) is 0 Å². The molecule has 0 radical (unpaired) electrons. The molecule has 1 nitrogen and oxygen atoms in total. The Kier molecular flexibility index (Phi) is 6.96. The van der Waals surface area contributed by atoms with E-state index in [0.29, 0.717) is 5.92 Å². The maximum absolute atomic E-state index is 6.04. The fourth-order valence-electron chi connectivity index (χ4n) is 1.68. The molecule has 2 atom stereocenters. The summed E-state index contributed by atoms with van der Waals surface area (Å²) in [6.07, 6.45) is 10.4. The van der Waals surface area contributed by atoms with Crippen molar-refractivity contribution in [2.75, 3.05) is 0 Å². The van der Waals surface area contributed by atoms with Gasteiger partial charge in [0.2, 0.25) is 0 Å². The van der Waals surface area contributed by atoms with E-state index in [2.05, 4.69) is 39.4 Å². The van der Waals surface area contributed by atoms with Gasteiger partial charge in [0.1, 0.15) is 6.10 Å². The van der Waals surface area contributed by atoms with Gasteiger partial charge in [-0.05, 0) is 38.4 Å². The predicted octanol–water partition coefficient (Wildman–Crippen LogP) is 4.06. The number of hydrogen-bond donors (Lipinski definition) is 0. The lowest BCUT2D eigenvalue weighted by molar-refractivity contribution is 0.167. The van der Waals surface area contributed by atoms with Crippen LogP contribution in [0.25, 0.3) is 0 Å². The van der Waals surface area contributed by atoms with Crippen LogP contribution >= 0.6 is 0 Å². The molecule has 0 N–H and O–H groups in total. The Labute approximate surface area is 96.7 Å². The molecule has 15 heavy (non-hydrogen) atoms. The highest BCUT2D eigenvalue weighted by molar-refractivity contribution is 6.69. The molecular formula is C13H26OSi. The van der Waals surface area contributed by atoms with Gasteiger partial charge >= 0.3 is 0 Å². The van der Waals surface area contributed by atoms with Gasteiger partial charge in [-0.25, -0.2) is 0 Å². The molecule has 0 bridgehead atoms. The molecule has 0 aliphatic rings. The maximum atomic E-state index is 6.04. The molecule has 0 unspecified atom stereocenters. The van der Waals surface area contributed by atoms with E-state index in [-0.39, 0.29) is 6.10 Å². The van der Waals surface area contributed by atoms with Gasteiger partial charge in [0, 0.05) is 0 Å². The molecule has 0 rings (SSSR count). The SMILES string of the molecule is C#C[C@H](O[Si](C)(C)C)[C@H](CC)CCCC. The summed E-state index contributed by atoms with van der Waals surface area (Å²) in [5.41, 5.74) is 0. The van der Waals surface area contributed by atoms with Crippen LogP contribution in [-0.2, 0) is 4.43 Å². The summed E-state index contributed by atoms with van der Waals surface area (Å²) in [4.78, 5) is 0. The molecule has 2 heteroatoms. The van der Waals surface area contributed by atoms with Gasteiger partial charge in [0.25, 0.3) is 0 Å². The van der Waals surface area contributed by atoms with E-state index < -0.39 is 8.32 Å². The van der Waals surface area contributed by atoms with Crippen molar-refractivity contribution in [3.63, 3.8) is 0 Å². The number of unbranched alkanes of at least 4 members (excludes halogenated alkanes) is 1. The minimum atomic E-state index is -1.50. The van der Waals surface area contributed by atoms with Crippen LogP contribution in [0.5, 0.6) is 0 Å². The van der Waals surface area contributed by atoms with Crippen molar-refractivity contribution >= 4 is 8.32 Å². The largest absolute Gasteiger partial charge is 0.404 e.